The minimum absolute atomic E-state index is 0.181. The Morgan fingerprint density at radius 2 is 2.25 bits per heavy atom. The summed E-state index contributed by atoms with van der Waals surface area (Å²) in [5.41, 5.74) is 1.00. The summed E-state index contributed by atoms with van der Waals surface area (Å²) in [7, 11) is 0. The average Bonchev–Trinajstić information content (AvgIpc) is 3.10. The summed E-state index contributed by atoms with van der Waals surface area (Å²) in [6, 6.07) is 7.03. The van der Waals surface area contributed by atoms with Crippen LogP contribution in [0.3, 0.4) is 0 Å². The zero-order chi connectivity index (χ0) is 13.9. The number of carbonyl (C=O) groups is 1. The molecule has 0 amide bonds. The molecule has 2 aromatic rings. The van der Waals surface area contributed by atoms with E-state index in [-0.39, 0.29) is 6.10 Å². The van der Waals surface area contributed by atoms with Gasteiger partial charge in [0.2, 0.25) is 0 Å². The van der Waals surface area contributed by atoms with Gasteiger partial charge in [-0.3, -0.25) is 0 Å². The molecule has 0 bridgehead atoms. The molecular formula is C14H14N2O4. The molecule has 0 radical (unpaired) electrons. The number of aryl methyl sites for hydroxylation is 1. The van der Waals surface area contributed by atoms with Gasteiger partial charge in [-0.1, -0.05) is 17.3 Å². The van der Waals surface area contributed by atoms with Crippen LogP contribution in [-0.4, -0.2) is 35.4 Å². The lowest BCUT2D eigenvalue weighted by molar-refractivity contribution is 0.0271. The van der Waals surface area contributed by atoms with Gasteiger partial charge in [-0.25, -0.2) is 4.79 Å². The van der Waals surface area contributed by atoms with Crippen molar-refractivity contribution in [1.82, 2.24) is 10.1 Å². The molecule has 20 heavy (non-hydrogen) atoms. The number of benzene rings is 1. The van der Waals surface area contributed by atoms with Crippen LogP contribution in [0.25, 0.3) is 11.5 Å². The molecule has 1 aliphatic heterocycles. The second-order valence-corrected chi connectivity index (χ2v) is 4.58. The lowest BCUT2D eigenvalue weighted by Crippen LogP contribution is -2.18. The van der Waals surface area contributed by atoms with E-state index in [1.165, 1.54) is 0 Å². The van der Waals surface area contributed by atoms with Crippen molar-refractivity contribution < 1.29 is 18.8 Å². The smallest absolute Gasteiger partial charge is 0.339 e. The fourth-order valence-corrected chi connectivity index (χ4v) is 2.07. The predicted molar refractivity (Wildman–Crippen MR) is 69.1 cm³/mol. The number of nitrogens with zero attached hydrogens (tertiary/aromatic N) is 2. The lowest BCUT2D eigenvalue weighted by Gasteiger charge is -2.11. The molecule has 1 aromatic heterocycles. The molecule has 1 aromatic carbocycles. The van der Waals surface area contributed by atoms with E-state index in [0.717, 1.165) is 6.42 Å². The third kappa shape index (κ3) is 2.55. The van der Waals surface area contributed by atoms with E-state index in [2.05, 4.69) is 10.1 Å². The van der Waals surface area contributed by atoms with E-state index in [1.807, 2.05) is 6.07 Å². The van der Waals surface area contributed by atoms with Gasteiger partial charge in [-0.05, 0) is 19.1 Å². The number of aromatic nitrogens is 2. The van der Waals surface area contributed by atoms with Crippen LogP contribution < -0.4 is 0 Å². The van der Waals surface area contributed by atoms with Gasteiger partial charge in [0.1, 0.15) is 6.10 Å². The molecule has 104 valence electrons. The lowest BCUT2D eigenvalue weighted by atomic mass is 10.1. The maximum Gasteiger partial charge on any atom is 0.339 e. The molecule has 6 heteroatoms. The largest absolute Gasteiger partial charge is 0.456 e. The quantitative estimate of drug-likeness (QED) is 0.797. The molecular weight excluding hydrogens is 260 g/mol. The van der Waals surface area contributed by atoms with Gasteiger partial charge in [0.15, 0.2) is 5.82 Å². The zero-order valence-electron chi connectivity index (χ0n) is 11.0. The van der Waals surface area contributed by atoms with Crippen molar-refractivity contribution in [3.8, 4) is 11.5 Å². The van der Waals surface area contributed by atoms with Gasteiger partial charge in [-0.2, -0.15) is 4.98 Å². The minimum Gasteiger partial charge on any atom is -0.456 e. The van der Waals surface area contributed by atoms with E-state index < -0.39 is 5.97 Å². The average molecular weight is 274 g/mol. The van der Waals surface area contributed by atoms with E-state index >= 15 is 0 Å². The van der Waals surface area contributed by atoms with Crippen LogP contribution >= 0.6 is 0 Å². The second kappa shape index (κ2) is 5.42. The molecule has 0 spiro atoms. The first-order chi connectivity index (χ1) is 9.74. The van der Waals surface area contributed by atoms with Crippen molar-refractivity contribution in [2.75, 3.05) is 13.2 Å². The molecule has 0 saturated carbocycles. The summed E-state index contributed by atoms with van der Waals surface area (Å²) in [6.07, 6.45) is 0.549. The van der Waals surface area contributed by atoms with Crippen LogP contribution in [-0.2, 0) is 9.47 Å². The van der Waals surface area contributed by atoms with Gasteiger partial charge in [0, 0.05) is 6.42 Å². The van der Waals surface area contributed by atoms with Gasteiger partial charge >= 0.3 is 5.97 Å². The number of hydrogen-bond donors (Lipinski definition) is 0. The van der Waals surface area contributed by atoms with Crippen LogP contribution in [0.15, 0.2) is 28.8 Å². The SMILES string of the molecule is Cc1noc(-c2ccccc2C(=O)O[C@@H]2CCOC2)n1. The fourth-order valence-electron chi connectivity index (χ4n) is 2.07. The Bertz CT molecular complexity index is 617. The van der Waals surface area contributed by atoms with Crippen molar-refractivity contribution in [1.29, 1.82) is 0 Å². The standard InChI is InChI=1S/C14H14N2O4/c1-9-15-13(20-16-9)11-4-2-3-5-12(11)14(17)19-10-6-7-18-8-10/h2-5,10H,6-8H2,1H3/t10-/m1/s1. The normalized spacial score (nSPS) is 18.1. The molecule has 1 fully saturated rings. The maximum atomic E-state index is 12.2. The highest BCUT2D eigenvalue weighted by atomic mass is 16.6. The topological polar surface area (TPSA) is 74.5 Å². The van der Waals surface area contributed by atoms with Crippen molar-refractivity contribution in [2.45, 2.75) is 19.4 Å². The summed E-state index contributed by atoms with van der Waals surface area (Å²) in [5, 5.41) is 3.74. The summed E-state index contributed by atoms with van der Waals surface area (Å²) in [6.45, 7) is 2.81. The second-order valence-electron chi connectivity index (χ2n) is 4.58. The Balaban J connectivity index is 1.87. The molecule has 1 aliphatic rings. The van der Waals surface area contributed by atoms with Crippen LogP contribution in [0, 0.1) is 6.92 Å². The van der Waals surface area contributed by atoms with E-state index in [4.69, 9.17) is 14.0 Å². The first-order valence-corrected chi connectivity index (χ1v) is 6.42. The van der Waals surface area contributed by atoms with E-state index in [9.17, 15) is 4.79 Å². The number of carbonyl (C=O) groups excluding carboxylic acids is 1. The Hall–Kier alpha value is -2.21. The van der Waals surface area contributed by atoms with Crippen molar-refractivity contribution in [3.05, 3.63) is 35.7 Å². The van der Waals surface area contributed by atoms with E-state index in [0.29, 0.717) is 36.1 Å². The minimum atomic E-state index is -0.396. The molecule has 0 N–H and O–H groups in total. The molecule has 3 rings (SSSR count). The molecule has 1 atom stereocenters. The van der Waals surface area contributed by atoms with Crippen LogP contribution in [0.1, 0.15) is 22.6 Å². The first kappa shape index (κ1) is 12.8. The molecule has 6 nitrogen and oxygen atoms in total. The zero-order valence-corrected chi connectivity index (χ0v) is 11.0. The Morgan fingerprint density at radius 1 is 1.40 bits per heavy atom. The van der Waals surface area contributed by atoms with Crippen LogP contribution in [0.2, 0.25) is 0 Å². The van der Waals surface area contributed by atoms with Gasteiger partial charge in [0.05, 0.1) is 24.3 Å². The first-order valence-electron chi connectivity index (χ1n) is 6.42. The van der Waals surface area contributed by atoms with Crippen LogP contribution in [0.4, 0.5) is 0 Å². The van der Waals surface area contributed by atoms with Gasteiger partial charge in [0.25, 0.3) is 5.89 Å². The Kier molecular flexibility index (Phi) is 3.47. The van der Waals surface area contributed by atoms with Crippen molar-refractivity contribution in [3.63, 3.8) is 0 Å². The van der Waals surface area contributed by atoms with Crippen molar-refractivity contribution in [2.24, 2.45) is 0 Å². The van der Waals surface area contributed by atoms with Gasteiger partial charge < -0.3 is 14.0 Å². The predicted octanol–water partition coefficient (Wildman–Crippen LogP) is 1.99. The Morgan fingerprint density at radius 3 is 2.95 bits per heavy atom. The Labute approximate surface area is 115 Å². The number of rotatable bonds is 3. The summed E-state index contributed by atoms with van der Waals surface area (Å²) < 4.78 is 15.7. The third-order valence-electron chi connectivity index (χ3n) is 3.07. The molecule has 0 aliphatic carbocycles. The maximum absolute atomic E-state index is 12.2. The molecule has 1 saturated heterocycles. The van der Waals surface area contributed by atoms with Gasteiger partial charge in [-0.15, -0.1) is 0 Å². The summed E-state index contributed by atoms with van der Waals surface area (Å²) in [4.78, 5) is 16.4. The molecule has 0 unspecified atom stereocenters. The summed E-state index contributed by atoms with van der Waals surface area (Å²) >= 11 is 0. The summed E-state index contributed by atoms with van der Waals surface area (Å²) in [5.74, 6) is 0.442. The highest BCUT2D eigenvalue weighted by Crippen LogP contribution is 2.23. The van der Waals surface area contributed by atoms with Crippen LogP contribution in [0.5, 0.6) is 0 Å². The monoisotopic (exact) mass is 274 g/mol. The van der Waals surface area contributed by atoms with E-state index in [1.54, 1.807) is 25.1 Å². The molecule has 2 heterocycles. The highest BCUT2D eigenvalue weighted by molar-refractivity contribution is 5.96. The van der Waals surface area contributed by atoms with Crippen molar-refractivity contribution >= 4 is 5.97 Å². The number of esters is 1. The number of hydrogen-bond acceptors (Lipinski definition) is 6. The number of ether oxygens (including phenoxy) is 2. The highest BCUT2D eigenvalue weighted by Gasteiger charge is 2.23. The third-order valence-corrected chi connectivity index (χ3v) is 3.07. The fraction of sp³-hybridized carbons (Fsp3) is 0.357.